The van der Waals surface area contributed by atoms with Crippen LogP contribution in [-0.2, 0) is 28.6 Å². The van der Waals surface area contributed by atoms with Crippen molar-refractivity contribution in [2.45, 2.75) is 239 Å². The van der Waals surface area contributed by atoms with E-state index in [9.17, 15) is 14.4 Å². The molecule has 0 N–H and O–H groups in total. The summed E-state index contributed by atoms with van der Waals surface area (Å²) in [6.07, 6.45) is 76.1. The van der Waals surface area contributed by atoms with Crippen molar-refractivity contribution in [3.63, 3.8) is 0 Å². The Morgan fingerprint density at radius 1 is 0.309 bits per heavy atom. The highest BCUT2D eigenvalue weighted by molar-refractivity contribution is 5.71. The first kappa shape index (κ1) is 63.8. The van der Waals surface area contributed by atoms with Crippen molar-refractivity contribution in [2.24, 2.45) is 0 Å². The van der Waals surface area contributed by atoms with E-state index in [0.717, 1.165) is 128 Å². The SMILES string of the molecule is CC/C=C\C/C=C\C/C=C\C/C=C\CCCCCCC(=O)OC(COC(=O)CCCC/C=C\C/C=C\C/C=C\C/C=C\CC)COC(=O)CCCCCCCCC/C=C\C/C=C\CCCCCC. The number of allylic oxidation sites excluding steroid dienone is 20. The van der Waals surface area contributed by atoms with Gasteiger partial charge in [-0.3, -0.25) is 14.4 Å². The first-order valence-corrected chi connectivity index (χ1v) is 27.5. The van der Waals surface area contributed by atoms with Gasteiger partial charge < -0.3 is 14.2 Å². The van der Waals surface area contributed by atoms with Crippen molar-refractivity contribution in [1.29, 1.82) is 0 Å². The van der Waals surface area contributed by atoms with Crippen LogP contribution in [0.2, 0.25) is 0 Å². The lowest BCUT2D eigenvalue weighted by Gasteiger charge is -2.18. The molecule has 1 unspecified atom stereocenters. The average Bonchev–Trinajstić information content (AvgIpc) is 3.34. The van der Waals surface area contributed by atoms with Gasteiger partial charge in [-0.25, -0.2) is 0 Å². The van der Waals surface area contributed by atoms with Gasteiger partial charge >= 0.3 is 17.9 Å². The van der Waals surface area contributed by atoms with Crippen molar-refractivity contribution in [3.05, 3.63) is 122 Å². The predicted octanol–water partition coefficient (Wildman–Crippen LogP) is 18.5. The zero-order chi connectivity index (χ0) is 49.3. The van der Waals surface area contributed by atoms with Crippen LogP contribution in [0, 0.1) is 0 Å². The Morgan fingerprint density at radius 3 is 0.926 bits per heavy atom. The first-order chi connectivity index (χ1) is 33.5. The monoisotopic (exact) mass is 941 g/mol. The number of rotatable bonds is 48. The van der Waals surface area contributed by atoms with E-state index >= 15 is 0 Å². The van der Waals surface area contributed by atoms with Crippen LogP contribution < -0.4 is 0 Å². The van der Waals surface area contributed by atoms with Gasteiger partial charge in [0.1, 0.15) is 13.2 Å². The van der Waals surface area contributed by atoms with Crippen LogP contribution in [0.1, 0.15) is 233 Å². The lowest BCUT2D eigenvalue weighted by atomic mass is 10.1. The third-order valence-corrected chi connectivity index (χ3v) is 11.2. The van der Waals surface area contributed by atoms with Gasteiger partial charge in [0, 0.05) is 19.3 Å². The molecule has 0 aliphatic carbocycles. The van der Waals surface area contributed by atoms with Crippen LogP contribution in [0.4, 0.5) is 0 Å². The Hall–Kier alpha value is -4.19. The molecule has 0 aromatic carbocycles. The summed E-state index contributed by atoms with van der Waals surface area (Å²) in [7, 11) is 0. The molecule has 0 aliphatic heterocycles. The number of unbranched alkanes of at least 4 members (excludes halogenated alkanes) is 17. The second kappa shape index (κ2) is 55.4. The molecule has 6 nitrogen and oxygen atoms in total. The zero-order valence-electron chi connectivity index (χ0n) is 43.8. The number of carbonyl (C=O) groups excluding carboxylic acids is 3. The molecule has 68 heavy (non-hydrogen) atoms. The first-order valence-electron chi connectivity index (χ1n) is 27.5. The summed E-state index contributed by atoms with van der Waals surface area (Å²) >= 11 is 0. The minimum atomic E-state index is -0.815. The summed E-state index contributed by atoms with van der Waals surface area (Å²) in [5, 5.41) is 0. The Balaban J connectivity index is 4.52. The van der Waals surface area contributed by atoms with E-state index in [1.54, 1.807) is 0 Å². The molecular weight excluding hydrogens is 841 g/mol. The summed E-state index contributed by atoms with van der Waals surface area (Å²) in [4.78, 5) is 38.1. The van der Waals surface area contributed by atoms with Crippen molar-refractivity contribution in [2.75, 3.05) is 13.2 Å². The predicted molar refractivity (Wildman–Crippen MR) is 293 cm³/mol. The van der Waals surface area contributed by atoms with E-state index in [0.29, 0.717) is 19.3 Å². The smallest absolute Gasteiger partial charge is 0.306 e. The maximum absolute atomic E-state index is 12.8. The lowest BCUT2D eigenvalue weighted by Crippen LogP contribution is -2.30. The largest absolute Gasteiger partial charge is 0.462 e. The standard InChI is InChI=1S/C62H100O6/c1-4-7-10-13-16-19-22-25-28-30-32-34-37-40-43-46-49-52-55-61(64)67-58-59(57-66-60(63)54-51-48-45-42-39-36-33-27-24-21-18-15-12-9-6-3)68-62(65)56-53-50-47-44-41-38-35-31-29-26-23-20-17-14-11-8-5-2/h8-9,11-12,17-22,26-30,33,35,38-39,42,59H,4-7,10,13-16,23-25,31-32,34,36-37,40-41,43-58H2,1-3H3/b11-8-,12-9-,20-17-,21-18-,22-19-,29-26-,30-28-,33-27-,38-35-,42-39-. The van der Waals surface area contributed by atoms with E-state index in [1.807, 2.05) is 0 Å². The van der Waals surface area contributed by atoms with E-state index in [-0.39, 0.29) is 37.5 Å². The number of esters is 3. The minimum Gasteiger partial charge on any atom is -0.462 e. The number of ether oxygens (including phenoxy) is 3. The third-order valence-electron chi connectivity index (χ3n) is 11.2. The topological polar surface area (TPSA) is 78.9 Å². The van der Waals surface area contributed by atoms with Crippen molar-refractivity contribution in [3.8, 4) is 0 Å². The molecule has 6 heteroatoms. The highest BCUT2D eigenvalue weighted by Gasteiger charge is 2.19. The summed E-state index contributed by atoms with van der Waals surface area (Å²) in [5.41, 5.74) is 0. The zero-order valence-corrected chi connectivity index (χ0v) is 43.8. The van der Waals surface area contributed by atoms with Crippen LogP contribution in [0.15, 0.2) is 122 Å². The van der Waals surface area contributed by atoms with Crippen LogP contribution in [0.5, 0.6) is 0 Å². The summed E-state index contributed by atoms with van der Waals surface area (Å²) < 4.78 is 16.8. The molecule has 0 aromatic heterocycles. The molecule has 0 saturated carbocycles. The van der Waals surface area contributed by atoms with Gasteiger partial charge in [-0.1, -0.05) is 206 Å². The second-order valence-electron chi connectivity index (χ2n) is 17.7. The fourth-order valence-corrected chi connectivity index (χ4v) is 7.10. The van der Waals surface area contributed by atoms with Gasteiger partial charge in [0.15, 0.2) is 6.10 Å². The molecule has 0 rings (SSSR count). The Labute approximate surface area is 418 Å². The van der Waals surface area contributed by atoms with Crippen molar-refractivity contribution in [1.82, 2.24) is 0 Å². The summed E-state index contributed by atoms with van der Waals surface area (Å²) in [6, 6.07) is 0. The molecule has 0 saturated heterocycles. The molecule has 0 spiro atoms. The van der Waals surface area contributed by atoms with Gasteiger partial charge in [0.05, 0.1) is 0 Å². The van der Waals surface area contributed by atoms with E-state index < -0.39 is 6.10 Å². The fraction of sp³-hybridized carbons (Fsp3) is 0.629. The molecule has 1 atom stereocenters. The van der Waals surface area contributed by atoms with Crippen LogP contribution in [0.3, 0.4) is 0 Å². The molecule has 0 aromatic rings. The van der Waals surface area contributed by atoms with E-state index in [4.69, 9.17) is 14.2 Å². The van der Waals surface area contributed by atoms with Crippen LogP contribution >= 0.6 is 0 Å². The van der Waals surface area contributed by atoms with Gasteiger partial charge in [-0.15, -0.1) is 0 Å². The van der Waals surface area contributed by atoms with Crippen molar-refractivity contribution >= 4 is 17.9 Å². The van der Waals surface area contributed by atoms with Gasteiger partial charge in [-0.2, -0.15) is 0 Å². The highest BCUT2D eigenvalue weighted by atomic mass is 16.6. The van der Waals surface area contributed by atoms with E-state index in [2.05, 4.69) is 142 Å². The molecule has 0 heterocycles. The molecule has 0 radical (unpaired) electrons. The van der Waals surface area contributed by atoms with Gasteiger partial charge in [-0.05, 0) is 128 Å². The third kappa shape index (κ3) is 52.8. The Morgan fingerprint density at radius 2 is 0.574 bits per heavy atom. The van der Waals surface area contributed by atoms with Gasteiger partial charge in [0.25, 0.3) is 0 Å². The highest BCUT2D eigenvalue weighted by Crippen LogP contribution is 2.13. The van der Waals surface area contributed by atoms with E-state index in [1.165, 1.54) is 57.8 Å². The van der Waals surface area contributed by atoms with Gasteiger partial charge in [0.2, 0.25) is 0 Å². The van der Waals surface area contributed by atoms with Crippen molar-refractivity contribution < 1.29 is 28.6 Å². The number of hydrogen-bond donors (Lipinski definition) is 0. The fourth-order valence-electron chi connectivity index (χ4n) is 7.10. The van der Waals surface area contributed by atoms with Crippen LogP contribution in [0.25, 0.3) is 0 Å². The lowest BCUT2D eigenvalue weighted by molar-refractivity contribution is -0.167. The number of carbonyl (C=O) groups is 3. The maximum Gasteiger partial charge on any atom is 0.306 e. The minimum absolute atomic E-state index is 0.109. The molecule has 384 valence electrons. The van der Waals surface area contributed by atoms with Crippen LogP contribution in [-0.4, -0.2) is 37.2 Å². The molecule has 0 bridgehead atoms. The average molecular weight is 941 g/mol. The quantitative estimate of drug-likeness (QED) is 0.0262. The Kier molecular flexibility index (Phi) is 52.0. The molecule has 0 fully saturated rings. The molecular formula is C62H100O6. The summed E-state index contributed by atoms with van der Waals surface area (Å²) in [6.45, 7) is 6.32. The number of hydrogen-bond acceptors (Lipinski definition) is 6. The second-order valence-corrected chi connectivity index (χ2v) is 17.7. The molecule has 0 aliphatic rings. The Bertz CT molecular complexity index is 1450. The molecule has 0 amide bonds. The normalized spacial score (nSPS) is 13.0. The summed E-state index contributed by atoms with van der Waals surface area (Å²) in [5.74, 6) is -0.987. The maximum atomic E-state index is 12.8.